The number of fused-ring (bicyclic) bond motifs is 2. The van der Waals surface area contributed by atoms with E-state index in [1.54, 1.807) is 0 Å². The Balaban J connectivity index is 1.52. The summed E-state index contributed by atoms with van der Waals surface area (Å²) >= 11 is 2.37. The molecule has 2 aliphatic rings. The third kappa shape index (κ3) is 2.90. The lowest BCUT2D eigenvalue weighted by atomic mass is 9.88. The van der Waals surface area contributed by atoms with Crippen LogP contribution in [0.25, 0.3) is 0 Å². The first kappa shape index (κ1) is 12.9. The zero-order valence-electron chi connectivity index (χ0n) is 11.1. The third-order valence-electron chi connectivity index (χ3n) is 4.80. The topological polar surface area (TPSA) is 3.24 Å². The first-order chi connectivity index (χ1) is 8.70. The minimum Gasteiger partial charge on any atom is -0.302 e. The molecule has 0 heterocycles. The van der Waals surface area contributed by atoms with E-state index < -0.39 is 0 Å². The van der Waals surface area contributed by atoms with Gasteiger partial charge in [-0.05, 0) is 84.4 Å². The SMILES string of the molecule is CN(Cc1ccc(I)cc1)CC1CC2CCC1C2. The molecule has 98 valence electrons. The van der Waals surface area contributed by atoms with E-state index in [-0.39, 0.29) is 0 Å². The van der Waals surface area contributed by atoms with Gasteiger partial charge < -0.3 is 4.90 Å². The molecule has 0 aliphatic heterocycles. The molecule has 18 heavy (non-hydrogen) atoms. The Morgan fingerprint density at radius 1 is 1.17 bits per heavy atom. The van der Waals surface area contributed by atoms with Crippen molar-refractivity contribution in [3.05, 3.63) is 33.4 Å². The van der Waals surface area contributed by atoms with Crippen molar-refractivity contribution in [3.63, 3.8) is 0 Å². The van der Waals surface area contributed by atoms with Crippen molar-refractivity contribution < 1.29 is 0 Å². The van der Waals surface area contributed by atoms with E-state index in [1.165, 1.54) is 41.4 Å². The minimum atomic E-state index is 0.984. The lowest BCUT2D eigenvalue weighted by molar-refractivity contribution is 0.214. The fourth-order valence-corrected chi connectivity index (χ4v) is 4.33. The maximum atomic E-state index is 2.52. The van der Waals surface area contributed by atoms with Crippen LogP contribution in [-0.4, -0.2) is 18.5 Å². The summed E-state index contributed by atoms with van der Waals surface area (Å²) in [5.74, 6) is 3.11. The van der Waals surface area contributed by atoms with Gasteiger partial charge in [-0.1, -0.05) is 18.6 Å². The molecule has 1 aromatic carbocycles. The smallest absolute Gasteiger partial charge is 0.0230 e. The molecule has 3 rings (SSSR count). The number of nitrogens with zero attached hydrogens (tertiary/aromatic N) is 1. The van der Waals surface area contributed by atoms with Crippen molar-refractivity contribution in [1.82, 2.24) is 4.90 Å². The summed E-state index contributed by atoms with van der Waals surface area (Å²) in [4.78, 5) is 2.52. The molecule has 0 amide bonds. The van der Waals surface area contributed by atoms with E-state index in [9.17, 15) is 0 Å². The zero-order chi connectivity index (χ0) is 12.5. The lowest BCUT2D eigenvalue weighted by Crippen LogP contribution is -2.28. The van der Waals surface area contributed by atoms with Gasteiger partial charge in [0.15, 0.2) is 0 Å². The van der Waals surface area contributed by atoms with Gasteiger partial charge in [0, 0.05) is 16.7 Å². The quantitative estimate of drug-likeness (QED) is 0.733. The predicted octanol–water partition coefficient (Wildman–Crippen LogP) is 4.16. The molecule has 2 heteroatoms. The summed E-state index contributed by atoms with van der Waals surface area (Å²) in [6.45, 7) is 2.40. The Hall–Kier alpha value is -0.0900. The largest absolute Gasteiger partial charge is 0.302 e. The van der Waals surface area contributed by atoms with Crippen LogP contribution in [0.2, 0.25) is 0 Å². The van der Waals surface area contributed by atoms with Gasteiger partial charge in [-0.3, -0.25) is 0 Å². The first-order valence-corrected chi connectivity index (χ1v) is 8.21. The summed E-state index contributed by atoms with van der Waals surface area (Å²) in [7, 11) is 2.28. The Morgan fingerprint density at radius 2 is 1.94 bits per heavy atom. The summed E-state index contributed by atoms with van der Waals surface area (Å²) in [5, 5.41) is 0. The normalized spacial score (nSPS) is 30.3. The van der Waals surface area contributed by atoms with Gasteiger partial charge in [-0.25, -0.2) is 0 Å². The van der Waals surface area contributed by atoms with Gasteiger partial charge in [-0.2, -0.15) is 0 Å². The van der Waals surface area contributed by atoms with Crippen molar-refractivity contribution in [1.29, 1.82) is 0 Å². The maximum absolute atomic E-state index is 2.52. The van der Waals surface area contributed by atoms with Crippen LogP contribution in [0.15, 0.2) is 24.3 Å². The predicted molar refractivity (Wildman–Crippen MR) is 84.4 cm³/mol. The van der Waals surface area contributed by atoms with E-state index in [1.807, 2.05) is 0 Å². The molecule has 1 aromatic rings. The second kappa shape index (κ2) is 5.49. The van der Waals surface area contributed by atoms with Crippen LogP contribution in [0.1, 0.15) is 31.2 Å². The molecular formula is C16H22IN. The summed E-state index contributed by atoms with van der Waals surface area (Å²) < 4.78 is 1.33. The van der Waals surface area contributed by atoms with Crippen molar-refractivity contribution >= 4 is 22.6 Å². The van der Waals surface area contributed by atoms with Crippen LogP contribution < -0.4 is 0 Å². The fraction of sp³-hybridized carbons (Fsp3) is 0.625. The number of rotatable bonds is 4. The molecular weight excluding hydrogens is 333 g/mol. The second-order valence-electron chi connectivity index (χ2n) is 6.26. The Bertz CT molecular complexity index is 400. The second-order valence-corrected chi connectivity index (χ2v) is 7.50. The van der Waals surface area contributed by atoms with Crippen LogP contribution in [0.5, 0.6) is 0 Å². The van der Waals surface area contributed by atoms with Gasteiger partial charge in [-0.15, -0.1) is 0 Å². The molecule has 0 aromatic heterocycles. The van der Waals surface area contributed by atoms with Crippen LogP contribution in [0.3, 0.4) is 0 Å². The highest BCUT2D eigenvalue weighted by atomic mass is 127. The molecule has 2 fully saturated rings. The van der Waals surface area contributed by atoms with Crippen molar-refractivity contribution in [2.75, 3.05) is 13.6 Å². The molecule has 3 atom stereocenters. The van der Waals surface area contributed by atoms with E-state index in [2.05, 4.69) is 58.8 Å². The third-order valence-corrected chi connectivity index (χ3v) is 5.52. The number of hydrogen-bond donors (Lipinski definition) is 0. The number of hydrogen-bond acceptors (Lipinski definition) is 1. The molecule has 1 nitrogen and oxygen atoms in total. The molecule has 2 saturated carbocycles. The van der Waals surface area contributed by atoms with Crippen molar-refractivity contribution in [3.8, 4) is 0 Å². The molecule has 0 radical (unpaired) electrons. The summed E-state index contributed by atoms with van der Waals surface area (Å²) in [5.41, 5.74) is 1.45. The monoisotopic (exact) mass is 355 g/mol. The highest BCUT2D eigenvalue weighted by molar-refractivity contribution is 14.1. The van der Waals surface area contributed by atoms with Crippen LogP contribution >= 0.6 is 22.6 Å². The van der Waals surface area contributed by atoms with Gasteiger partial charge in [0.2, 0.25) is 0 Å². The fourth-order valence-electron chi connectivity index (χ4n) is 3.97. The highest BCUT2D eigenvalue weighted by Crippen LogP contribution is 2.48. The van der Waals surface area contributed by atoms with Crippen LogP contribution in [0, 0.1) is 21.3 Å². The van der Waals surface area contributed by atoms with E-state index in [0.29, 0.717) is 0 Å². The van der Waals surface area contributed by atoms with Crippen LogP contribution in [-0.2, 0) is 6.54 Å². The maximum Gasteiger partial charge on any atom is 0.0230 e. The molecule has 0 N–H and O–H groups in total. The molecule has 2 aliphatic carbocycles. The molecule has 0 spiro atoms. The average Bonchev–Trinajstić information content (AvgIpc) is 2.94. The summed E-state index contributed by atoms with van der Waals surface area (Å²) in [6, 6.07) is 8.95. The Labute approximate surface area is 124 Å². The average molecular weight is 355 g/mol. The highest BCUT2D eigenvalue weighted by Gasteiger charge is 2.39. The summed E-state index contributed by atoms with van der Waals surface area (Å²) in [6.07, 6.45) is 6.05. The molecule has 0 saturated heterocycles. The number of benzene rings is 1. The molecule has 2 bridgehead atoms. The minimum absolute atomic E-state index is 0.984. The van der Waals surface area contributed by atoms with Gasteiger partial charge in [0.05, 0.1) is 0 Å². The van der Waals surface area contributed by atoms with E-state index >= 15 is 0 Å². The van der Waals surface area contributed by atoms with E-state index in [4.69, 9.17) is 0 Å². The van der Waals surface area contributed by atoms with Gasteiger partial charge >= 0.3 is 0 Å². The first-order valence-electron chi connectivity index (χ1n) is 7.13. The standard InChI is InChI=1S/C16H22IN/c1-18(10-12-3-6-16(17)7-4-12)11-15-9-13-2-5-14(15)8-13/h3-4,6-7,13-15H,2,5,8-11H2,1H3. The number of halogens is 1. The Morgan fingerprint density at radius 3 is 2.56 bits per heavy atom. The molecule has 3 unspecified atom stereocenters. The van der Waals surface area contributed by atoms with Crippen molar-refractivity contribution in [2.24, 2.45) is 17.8 Å². The zero-order valence-corrected chi connectivity index (χ0v) is 13.3. The van der Waals surface area contributed by atoms with Gasteiger partial charge in [0.1, 0.15) is 0 Å². The van der Waals surface area contributed by atoms with E-state index in [0.717, 1.165) is 24.3 Å². The lowest BCUT2D eigenvalue weighted by Gasteiger charge is -2.27. The Kier molecular flexibility index (Phi) is 3.94. The van der Waals surface area contributed by atoms with Crippen molar-refractivity contribution in [2.45, 2.75) is 32.2 Å². The van der Waals surface area contributed by atoms with Gasteiger partial charge in [0.25, 0.3) is 0 Å². The van der Waals surface area contributed by atoms with Crippen LogP contribution in [0.4, 0.5) is 0 Å².